The fraction of sp³-hybridized carbons (Fsp3) is 0.467. The molecule has 414 valence electrons. The van der Waals surface area contributed by atoms with Gasteiger partial charge in [0.2, 0.25) is 20.0 Å². The molecule has 1 N–H and O–H groups in total. The maximum Gasteiger partial charge on any atom is 0.523 e. The number of halogens is 9. The van der Waals surface area contributed by atoms with Crippen molar-refractivity contribution in [1.29, 1.82) is 0 Å². The van der Waals surface area contributed by atoms with Crippen LogP contribution >= 0.6 is 0 Å². The molecule has 6 aromatic rings. The number of likely N-dealkylation sites (N-methyl/N-ethyl adjacent to an activating group) is 1. The average molecular weight is 1140 g/mol. The van der Waals surface area contributed by atoms with E-state index in [2.05, 4.69) is 49.2 Å². The minimum atomic E-state index is -5.35. The molecule has 4 heterocycles. The van der Waals surface area contributed by atoms with E-state index >= 15 is 0 Å². The van der Waals surface area contributed by atoms with Crippen LogP contribution in [0, 0.1) is 25.5 Å². The van der Waals surface area contributed by atoms with Crippen LogP contribution in [0.3, 0.4) is 0 Å². The Morgan fingerprint density at radius 3 is 1.46 bits per heavy atom. The lowest BCUT2D eigenvalue weighted by Gasteiger charge is -2.26. The van der Waals surface area contributed by atoms with Gasteiger partial charge in [0.05, 0.1) is 28.2 Å². The molecule has 2 saturated carbocycles. The number of nitrogens with zero attached hydrogens (tertiary/aromatic N) is 9. The number of hydrogen-bond acceptors (Lipinski definition) is 17. The molecule has 2 atom stereocenters. The third kappa shape index (κ3) is 15.8. The van der Waals surface area contributed by atoms with Gasteiger partial charge in [-0.2, -0.15) is 39.2 Å². The number of alkyl halides is 7. The van der Waals surface area contributed by atoms with Crippen LogP contribution in [0.4, 0.5) is 39.5 Å². The lowest BCUT2D eigenvalue weighted by molar-refractivity contribution is -0.0539. The van der Waals surface area contributed by atoms with Gasteiger partial charge < -0.3 is 8.83 Å². The number of rotatable bonds is 21. The Kier molecular flexibility index (Phi) is 19.5. The van der Waals surface area contributed by atoms with Gasteiger partial charge in [-0.1, -0.05) is 31.2 Å². The summed E-state index contributed by atoms with van der Waals surface area (Å²) >= 11 is 0. The Bertz CT molecular complexity index is 3240. The molecule has 19 nitrogen and oxygen atoms in total. The molecule has 2 aliphatic rings. The maximum atomic E-state index is 14.9. The fourth-order valence-electron chi connectivity index (χ4n) is 7.12. The van der Waals surface area contributed by atoms with Crippen molar-refractivity contribution >= 4 is 30.2 Å². The van der Waals surface area contributed by atoms with E-state index in [0.29, 0.717) is 48.5 Å². The van der Waals surface area contributed by atoms with E-state index in [4.69, 9.17) is 8.83 Å². The van der Waals surface area contributed by atoms with E-state index in [-0.39, 0.29) is 60.6 Å². The normalized spacial score (nSPS) is 15.1. The highest BCUT2D eigenvalue weighted by molar-refractivity contribution is 7.90. The molecular weight excluding hydrogens is 1090 g/mol. The van der Waals surface area contributed by atoms with Crippen LogP contribution in [0.5, 0.6) is 0 Å². The SMILES string of the molecule is CCN(CC(Cc1ncc(-c2nnc(C(F)F)o2)cn1)c1ccc(C)cc1F)S(=O)(=O)C1CC1.CCOS(=O)(=O)C(F)(F)F.Cc1ccc(C(CNS(=O)(=O)C2CC2)Cc2ncc(-c3nnc(C(F)F)o3)cn2)c(F)c1. The number of hydrogen-bond donors (Lipinski definition) is 1. The first-order valence-electron chi connectivity index (χ1n) is 23.0. The van der Waals surface area contributed by atoms with Crippen LogP contribution in [0.25, 0.3) is 22.9 Å². The molecule has 31 heteroatoms. The molecule has 4 aromatic heterocycles. The predicted octanol–water partition coefficient (Wildman–Crippen LogP) is 8.24. The zero-order valence-corrected chi connectivity index (χ0v) is 43.1. The summed E-state index contributed by atoms with van der Waals surface area (Å²) in [6.07, 6.45) is 2.43. The quantitative estimate of drug-likeness (QED) is 0.0404. The second-order valence-corrected chi connectivity index (χ2v) is 23.1. The lowest BCUT2D eigenvalue weighted by atomic mass is 9.93. The van der Waals surface area contributed by atoms with E-state index in [1.165, 1.54) is 41.2 Å². The molecule has 0 aliphatic heterocycles. The van der Waals surface area contributed by atoms with Crippen LogP contribution in [0.1, 0.15) is 110 Å². The molecule has 0 spiro atoms. The second kappa shape index (κ2) is 25.0. The predicted molar refractivity (Wildman–Crippen MR) is 251 cm³/mol. The van der Waals surface area contributed by atoms with Crippen molar-refractivity contribution in [2.24, 2.45) is 0 Å². The van der Waals surface area contributed by atoms with Crippen molar-refractivity contribution < 1.29 is 77.8 Å². The van der Waals surface area contributed by atoms with Crippen molar-refractivity contribution in [3.8, 4) is 22.9 Å². The van der Waals surface area contributed by atoms with Crippen LogP contribution in [-0.2, 0) is 47.2 Å². The Morgan fingerprint density at radius 2 is 1.11 bits per heavy atom. The first-order valence-corrected chi connectivity index (χ1v) is 27.5. The third-order valence-electron chi connectivity index (χ3n) is 11.3. The molecular formula is C45H49F9N10O9S3. The van der Waals surface area contributed by atoms with Gasteiger partial charge in [0.25, 0.3) is 23.6 Å². The van der Waals surface area contributed by atoms with Crippen molar-refractivity contribution in [3.05, 3.63) is 119 Å². The zero-order chi connectivity index (χ0) is 55.8. The van der Waals surface area contributed by atoms with Gasteiger partial charge in [0, 0.05) is 69.1 Å². The van der Waals surface area contributed by atoms with Gasteiger partial charge in [-0.05, 0) is 80.8 Å². The molecule has 0 bridgehead atoms. The third-order valence-corrected chi connectivity index (χ3v) is 16.8. The van der Waals surface area contributed by atoms with Crippen molar-refractivity contribution in [2.75, 3.05) is 26.2 Å². The highest BCUT2D eigenvalue weighted by Crippen LogP contribution is 2.34. The van der Waals surface area contributed by atoms with Crippen LogP contribution in [0.15, 0.2) is 70.0 Å². The summed E-state index contributed by atoms with van der Waals surface area (Å²) < 4.78 is 201. The number of sulfonamides is 2. The largest absolute Gasteiger partial charge is 0.523 e. The Hall–Kier alpha value is -6.02. The van der Waals surface area contributed by atoms with Crippen molar-refractivity contribution in [3.63, 3.8) is 0 Å². The van der Waals surface area contributed by atoms with Gasteiger partial charge in [0.1, 0.15) is 23.3 Å². The minimum absolute atomic E-state index is 0.00860. The lowest BCUT2D eigenvalue weighted by Crippen LogP contribution is -2.37. The van der Waals surface area contributed by atoms with Gasteiger partial charge in [0.15, 0.2) is 0 Å². The van der Waals surface area contributed by atoms with Crippen LogP contribution in [0.2, 0.25) is 0 Å². The number of aromatic nitrogens is 8. The highest BCUT2D eigenvalue weighted by atomic mass is 32.2. The Labute approximate surface area is 430 Å². The molecule has 0 radical (unpaired) electrons. The van der Waals surface area contributed by atoms with Crippen molar-refractivity contribution in [2.45, 2.75) is 107 Å². The number of benzene rings is 2. The summed E-state index contributed by atoms with van der Waals surface area (Å²) in [5, 5.41) is 12.9. The first-order chi connectivity index (χ1) is 35.7. The molecule has 2 aliphatic carbocycles. The maximum absolute atomic E-state index is 14.9. The van der Waals surface area contributed by atoms with E-state index in [0.717, 1.165) is 18.1 Å². The molecule has 76 heavy (non-hydrogen) atoms. The average Bonchev–Trinajstić information content (AvgIpc) is 4.30. The minimum Gasteiger partial charge on any atom is -0.415 e. The van der Waals surface area contributed by atoms with E-state index < -0.39 is 95.6 Å². The molecule has 2 aromatic carbocycles. The molecule has 2 fully saturated rings. The van der Waals surface area contributed by atoms with Crippen LogP contribution < -0.4 is 4.72 Å². The Morgan fingerprint density at radius 1 is 0.671 bits per heavy atom. The standard InChI is InChI=1S/C22H24F3N5O3S.C20H20F3N5O3S.C3H5F3O3S/c1-3-30(34(31,32)16-5-6-16)12-14(17-7-4-13(2)8-18(17)23)9-19-26-10-15(11-27-19)21-28-29-22(33-21)20(24)25;1-11-2-5-15(16(21)6-11)12(10-26-32(29,30)14-3-4-14)7-17-24-8-13(9-25-17)19-27-28-20(31-19)18(22)23;1-2-9-10(7,8)3(4,5)6/h4,7-8,10-11,14,16,20H,3,5-6,9,12H2,1-2H3;2,5-6,8-9,12,14,18,26H,3-4,7,10H2,1H3;2H2,1H3. The first kappa shape index (κ1) is 59.2. The summed E-state index contributed by atoms with van der Waals surface area (Å²) in [5.41, 5.74) is -2.58. The van der Waals surface area contributed by atoms with E-state index in [9.17, 15) is 64.8 Å². The van der Waals surface area contributed by atoms with Gasteiger partial charge in [-0.15, -0.1) is 20.4 Å². The summed E-state index contributed by atoms with van der Waals surface area (Å²) in [4.78, 5) is 16.9. The molecule has 8 rings (SSSR count). The smallest absolute Gasteiger partial charge is 0.415 e. The zero-order valence-electron chi connectivity index (χ0n) is 40.6. The van der Waals surface area contributed by atoms with Gasteiger partial charge in [-0.25, -0.2) is 54.6 Å². The molecule has 2 unspecified atom stereocenters. The van der Waals surface area contributed by atoms with Gasteiger partial charge >= 0.3 is 28.5 Å². The monoisotopic (exact) mass is 1140 g/mol. The molecule has 0 amide bonds. The fourth-order valence-corrected chi connectivity index (χ4v) is 10.9. The topological polar surface area (TPSA) is 256 Å². The highest BCUT2D eigenvalue weighted by Gasteiger charge is 2.47. The summed E-state index contributed by atoms with van der Waals surface area (Å²) in [7, 11) is -12.3. The second-order valence-electron chi connectivity index (χ2n) is 17.2. The molecule has 0 saturated heterocycles. The number of nitrogens with one attached hydrogen (secondary N) is 1. The van der Waals surface area contributed by atoms with Crippen LogP contribution in [-0.4, -0.2) is 112 Å². The summed E-state index contributed by atoms with van der Waals surface area (Å²) in [6, 6.07) is 9.61. The Balaban J connectivity index is 0.000000210. The summed E-state index contributed by atoms with van der Waals surface area (Å²) in [5.74, 6) is -3.19. The van der Waals surface area contributed by atoms with Gasteiger partial charge in [-0.3, -0.25) is 4.18 Å². The van der Waals surface area contributed by atoms with Crippen molar-refractivity contribution in [1.82, 2.24) is 49.4 Å². The van der Waals surface area contributed by atoms with E-state index in [1.807, 2.05) is 0 Å². The number of aryl methyl sites for hydroxylation is 2. The van der Waals surface area contributed by atoms with E-state index in [1.54, 1.807) is 45.0 Å². The summed E-state index contributed by atoms with van der Waals surface area (Å²) in [6.45, 7) is 6.28.